The monoisotopic (exact) mass is 301 g/mol. The molecule has 1 N–H and O–H groups in total. The minimum atomic E-state index is -1.52. The highest BCUT2D eigenvalue weighted by Crippen LogP contribution is 2.46. The molecular formula is C17H20FN3O. The second-order valence-electron chi connectivity index (χ2n) is 6.43. The van der Waals surface area contributed by atoms with E-state index in [2.05, 4.69) is 27.6 Å². The molecule has 0 bridgehead atoms. The maximum absolute atomic E-state index is 14.9. The van der Waals surface area contributed by atoms with E-state index in [0.717, 1.165) is 13.0 Å². The van der Waals surface area contributed by atoms with Gasteiger partial charge < -0.3 is 9.84 Å². The average Bonchev–Trinajstić information content (AvgIpc) is 3.25. The summed E-state index contributed by atoms with van der Waals surface area (Å²) in [6.07, 6.45) is 3.58. The fourth-order valence-electron chi connectivity index (χ4n) is 3.32. The summed E-state index contributed by atoms with van der Waals surface area (Å²) in [5.74, 6) is 1.44. The van der Waals surface area contributed by atoms with Crippen LogP contribution in [0.3, 0.4) is 0 Å². The lowest BCUT2D eigenvalue weighted by Gasteiger charge is -2.26. The second-order valence-corrected chi connectivity index (χ2v) is 6.43. The van der Waals surface area contributed by atoms with E-state index in [0.29, 0.717) is 18.2 Å². The van der Waals surface area contributed by atoms with E-state index in [9.17, 15) is 4.39 Å². The Morgan fingerprint density at radius 1 is 1.27 bits per heavy atom. The molecule has 2 aliphatic rings. The molecule has 0 radical (unpaired) electrons. The molecule has 2 heterocycles. The van der Waals surface area contributed by atoms with Crippen LogP contribution in [0.5, 0.6) is 0 Å². The number of nitrogens with zero attached hydrogens (tertiary/aromatic N) is 2. The van der Waals surface area contributed by atoms with Crippen LogP contribution in [-0.2, 0) is 5.67 Å². The molecule has 0 spiro atoms. The van der Waals surface area contributed by atoms with Crippen molar-refractivity contribution >= 4 is 0 Å². The molecule has 1 aromatic heterocycles. The summed E-state index contributed by atoms with van der Waals surface area (Å²) in [6, 6.07) is 10.2. The van der Waals surface area contributed by atoms with Gasteiger partial charge in [-0.15, -0.1) is 0 Å². The van der Waals surface area contributed by atoms with Crippen LogP contribution in [0, 0.1) is 5.92 Å². The van der Waals surface area contributed by atoms with E-state index >= 15 is 0 Å². The predicted molar refractivity (Wildman–Crippen MR) is 80.2 cm³/mol. The Morgan fingerprint density at radius 2 is 2.09 bits per heavy atom. The zero-order chi connectivity index (χ0) is 15.0. The highest BCUT2D eigenvalue weighted by molar-refractivity contribution is 5.28. The van der Waals surface area contributed by atoms with Gasteiger partial charge in [-0.3, -0.25) is 0 Å². The van der Waals surface area contributed by atoms with Gasteiger partial charge in [-0.05, 0) is 43.7 Å². The Labute approximate surface area is 129 Å². The first-order chi connectivity index (χ1) is 10.8. The first kappa shape index (κ1) is 13.9. The predicted octanol–water partition coefficient (Wildman–Crippen LogP) is 3.16. The Hall–Kier alpha value is -1.75. The molecule has 0 amide bonds. The van der Waals surface area contributed by atoms with Gasteiger partial charge in [0.1, 0.15) is 0 Å². The summed E-state index contributed by atoms with van der Waals surface area (Å²) in [6.45, 7) is 1.11. The zero-order valence-corrected chi connectivity index (χ0v) is 12.5. The van der Waals surface area contributed by atoms with Crippen LogP contribution in [0.2, 0.25) is 0 Å². The van der Waals surface area contributed by atoms with Crippen molar-refractivity contribution in [1.29, 1.82) is 0 Å². The van der Waals surface area contributed by atoms with Gasteiger partial charge in [0, 0.05) is 6.54 Å². The number of piperidine rings is 1. The van der Waals surface area contributed by atoms with Gasteiger partial charge in [0.25, 0.3) is 5.89 Å². The van der Waals surface area contributed by atoms with E-state index in [-0.39, 0.29) is 18.4 Å². The molecule has 4 nitrogen and oxygen atoms in total. The minimum Gasteiger partial charge on any atom is -0.336 e. The summed E-state index contributed by atoms with van der Waals surface area (Å²) < 4.78 is 20.3. The van der Waals surface area contributed by atoms with Gasteiger partial charge in [-0.1, -0.05) is 35.5 Å². The van der Waals surface area contributed by atoms with Gasteiger partial charge in [0.15, 0.2) is 5.82 Å². The Kier molecular flexibility index (Phi) is 3.45. The van der Waals surface area contributed by atoms with Gasteiger partial charge in [-0.2, -0.15) is 4.98 Å². The number of alkyl halides is 1. The molecule has 5 heteroatoms. The smallest absolute Gasteiger partial charge is 0.265 e. The van der Waals surface area contributed by atoms with Gasteiger partial charge in [-0.25, -0.2) is 4.39 Å². The molecule has 2 fully saturated rings. The van der Waals surface area contributed by atoms with Crippen LogP contribution in [0.15, 0.2) is 34.9 Å². The van der Waals surface area contributed by atoms with E-state index in [1.807, 2.05) is 18.2 Å². The largest absolute Gasteiger partial charge is 0.336 e. The van der Waals surface area contributed by atoms with Crippen LogP contribution >= 0.6 is 0 Å². The molecule has 1 aromatic carbocycles. The average molecular weight is 301 g/mol. The maximum Gasteiger partial charge on any atom is 0.265 e. The topological polar surface area (TPSA) is 51.0 Å². The quantitative estimate of drug-likeness (QED) is 0.942. The number of halogens is 1. The Bertz CT molecular complexity index is 632. The normalized spacial score (nSPS) is 26.8. The molecule has 2 aromatic rings. The standard InChI is InChI=1S/C17H20FN3O/c18-17(9-4-10-19-11-17)16-20-15(21-22-16)14(13-7-8-13)12-5-2-1-3-6-12/h1-3,5-6,13-14,19H,4,7-11H2. The van der Waals surface area contributed by atoms with Crippen molar-refractivity contribution < 1.29 is 8.91 Å². The van der Waals surface area contributed by atoms with E-state index in [4.69, 9.17) is 4.52 Å². The van der Waals surface area contributed by atoms with Crippen molar-refractivity contribution in [2.24, 2.45) is 5.92 Å². The van der Waals surface area contributed by atoms with E-state index < -0.39 is 5.67 Å². The Morgan fingerprint density at radius 3 is 2.77 bits per heavy atom. The number of hydrogen-bond acceptors (Lipinski definition) is 4. The van der Waals surface area contributed by atoms with Crippen LogP contribution in [0.1, 0.15) is 48.9 Å². The summed E-state index contributed by atoms with van der Waals surface area (Å²) in [7, 11) is 0. The third-order valence-electron chi connectivity index (χ3n) is 4.69. The van der Waals surface area contributed by atoms with Crippen LogP contribution in [0.25, 0.3) is 0 Å². The number of rotatable bonds is 4. The summed E-state index contributed by atoms with van der Waals surface area (Å²) in [5, 5.41) is 7.20. The highest BCUT2D eigenvalue weighted by Gasteiger charge is 2.42. The molecule has 2 atom stereocenters. The fourth-order valence-corrected chi connectivity index (χ4v) is 3.32. The lowest BCUT2D eigenvalue weighted by molar-refractivity contribution is 0.0785. The number of hydrogen-bond donors (Lipinski definition) is 1. The number of benzene rings is 1. The van der Waals surface area contributed by atoms with Crippen molar-refractivity contribution in [2.45, 2.75) is 37.3 Å². The number of nitrogens with one attached hydrogen (secondary N) is 1. The Balaban J connectivity index is 1.64. The highest BCUT2D eigenvalue weighted by atomic mass is 19.1. The minimum absolute atomic E-state index is 0.124. The van der Waals surface area contributed by atoms with Crippen molar-refractivity contribution in [2.75, 3.05) is 13.1 Å². The summed E-state index contributed by atoms with van der Waals surface area (Å²) in [5.41, 5.74) is -0.332. The van der Waals surface area contributed by atoms with Gasteiger partial charge in [0.2, 0.25) is 5.67 Å². The van der Waals surface area contributed by atoms with E-state index in [1.54, 1.807) is 0 Å². The second kappa shape index (κ2) is 5.47. The SMILES string of the molecule is FC1(c2nc(C(c3ccccc3)C3CC3)no2)CCCNC1. The first-order valence-corrected chi connectivity index (χ1v) is 8.05. The van der Waals surface area contributed by atoms with Crippen LogP contribution in [0.4, 0.5) is 4.39 Å². The number of aromatic nitrogens is 2. The first-order valence-electron chi connectivity index (χ1n) is 8.05. The molecule has 1 aliphatic heterocycles. The van der Waals surface area contributed by atoms with Crippen molar-refractivity contribution in [1.82, 2.24) is 15.5 Å². The molecule has 1 aliphatic carbocycles. The molecular weight excluding hydrogens is 281 g/mol. The van der Waals surface area contributed by atoms with Crippen LogP contribution < -0.4 is 5.32 Å². The lowest BCUT2D eigenvalue weighted by Crippen LogP contribution is -2.40. The van der Waals surface area contributed by atoms with Crippen LogP contribution in [-0.4, -0.2) is 23.2 Å². The molecule has 2 unspecified atom stereocenters. The third kappa shape index (κ3) is 2.54. The van der Waals surface area contributed by atoms with E-state index in [1.165, 1.54) is 18.4 Å². The third-order valence-corrected chi connectivity index (χ3v) is 4.69. The van der Waals surface area contributed by atoms with Gasteiger partial charge >= 0.3 is 0 Å². The van der Waals surface area contributed by atoms with Gasteiger partial charge in [0.05, 0.1) is 5.92 Å². The summed E-state index contributed by atoms with van der Waals surface area (Å²) >= 11 is 0. The van der Waals surface area contributed by atoms with Crippen molar-refractivity contribution in [3.8, 4) is 0 Å². The van der Waals surface area contributed by atoms with Crippen molar-refractivity contribution in [3.05, 3.63) is 47.6 Å². The molecule has 22 heavy (non-hydrogen) atoms. The molecule has 1 saturated carbocycles. The molecule has 116 valence electrons. The zero-order valence-electron chi connectivity index (χ0n) is 12.5. The fraction of sp³-hybridized carbons (Fsp3) is 0.529. The lowest BCUT2D eigenvalue weighted by atomic mass is 9.93. The molecule has 4 rings (SSSR count). The molecule has 1 saturated heterocycles. The van der Waals surface area contributed by atoms with Crippen molar-refractivity contribution in [3.63, 3.8) is 0 Å². The summed E-state index contributed by atoms with van der Waals surface area (Å²) in [4.78, 5) is 4.45. The maximum atomic E-state index is 14.9.